The third-order valence-electron chi connectivity index (χ3n) is 9.63. The highest BCUT2D eigenvalue weighted by Crippen LogP contribution is 2.52. The van der Waals surface area contributed by atoms with Crippen molar-refractivity contribution in [2.24, 2.45) is 0 Å². The third kappa shape index (κ3) is 5.10. The zero-order valence-electron chi connectivity index (χ0n) is 26.5. The van der Waals surface area contributed by atoms with Gasteiger partial charge < -0.3 is 14.9 Å². The molecule has 1 aliphatic rings. The van der Waals surface area contributed by atoms with Crippen LogP contribution in [0.25, 0.3) is 10.8 Å². The Hall–Kier alpha value is -5.35. The Balaban J connectivity index is 1.42. The molecule has 0 saturated heterocycles. The van der Waals surface area contributed by atoms with E-state index in [1.165, 1.54) is 33.4 Å². The molecule has 1 aliphatic heterocycles. The molecule has 228 valence electrons. The molecule has 0 bridgehead atoms. The Morgan fingerprint density at radius 1 is 0.652 bits per heavy atom. The normalized spacial score (nSPS) is 12.4. The number of benzene rings is 6. The SMILES string of the molecule is Cc1cccc(C)c1Cc1ccc2c(c1)Oc1cc(Cc3c(C)cccc3C)ccc1C2c1c(O)c(C(=O)O)cc2ccccc12. The molecule has 46 heavy (non-hydrogen) atoms. The van der Waals surface area contributed by atoms with Gasteiger partial charge in [-0.05, 0) is 114 Å². The fourth-order valence-corrected chi connectivity index (χ4v) is 7.11. The number of rotatable bonds is 6. The maximum absolute atomic E-state index is 12.4. The van der Waals surface area contributed by atoms with Crippen molar-refractivity contribution in [1.29, 1.82) is 0 Å². The lowest BCUT2D eigenvalue weighted by Crippen LogP contribution is -2.14. The molecule has 0 radical (unpaired) electrons. The van der Waals surface area contributed by atoms with Gasteiger partial charge in [0.05, 0.1) is 0 Å². The van der Waals surface area contributed by atoms with Crippen LogP contribution in [0.15, 0.2) is 103 Å². The van der Waals surface area contributed by atoms with E-state index < -0.39 is 11.9 Å². The van der Waals surface area contributed by atoms with Crippen molar-refractivity contribution in [3.8, 4) is 17.2 Å². The van der Waals surface area contributed by atoms with Crippen LogP contribution in [0.5, 0.6) is 17.2 Å². The Morgan fingerprint density at radius 2 is 1.15 bits per heavy atom. The summed E-state index contributed by atoms with van der Waals surface area (Å²) in [5, 5.41) is 23.3. The summed E-state index contributed by atoms with van der Waals surface area (Å²) in [6.45, 7) is 8.57. The number of hydrogen-bond acceptors (Lipinski definition) is 3. The van der Waals surface area contributed by atoms with E-state index in [0.29, 0.717) is 5.56 Å². The van der Waals surface area contributed by atoms with Crippen LogP contribution in [0.3, 0.4) is 0 Å². The van der Waals surface area contributed by atoms with Crippen molar-refractivity contribution in [2.45, 2.75) is 46.5 Å². The average molecular weight is 605 g/mol. The van der Waals surface area contributed by atoms with Gasteiger partial charge in [0.2, 0.25) is 0 Å². The summed E-state index contributed by atoms with van der Waals surface area (Å²) in [6, 6.07) is 34.6. The molecule has 6 aromatic carbocycles. The van der Waals surface area contributed by atoms with Crippen LogP contribution in [-0.2, 0) is 12.8 Å². The molecule has 4 nitrogen and oxygen atoms in total. The number of carboxylic acid groups (broad SMARTS) is 1. The van der Waals surface area contributed by atoms with Gasteiger partial charge in [0.1, 0.15) is 22.8 Å². The van der Waals surface area contributed by atoms with E-state index >= 15 is 0 Å². The van der Waals surface area contributed by atoms with E-state index in [1.807, 2.05) is 24.3 Å². The topological polar surface area (TPSA) is 66.8 Å². The van der Waals surface area contributed by atoms with Crippen molar-refractivity contribution in [3.63, 3.8) is 0 Å². The van der Waals surface area contributed by atoms with Gasteiger partial charge in [-0.1, -0.05) is 84.9 Å². The number of carbonyl (C=O) groups is 1. The van der Waals surface area contributed by atoms with Gasteiger partial charge in [-0.25, -0.2) is 4.79 Å². The second kappa shape index (κ2) is 11.5. The maximum Gasteiger partial charge on any atom is 0.339 e. The van der Waals surface area contributed by atoms with E-state index in [9.17, 15) is 15.0 Å². The van der Waals surface area contributed by atoms with Gasteiger partial charge in [0.15, 0.2) is 0 Å². The van der Waals surface area contributed by atoms with Crippen molar-refractivity contribution < 1.29 is 19.7 Å². The second-order valence-corrected chi connectivity index (χ2v) is 12.6. The summed E-state index contributed by atoms with van der Waals surface area (Å²) < 4.78 is 6.74. The summed E-state index contributed by atoms with van der Waals surface area (Å²) in [6.07, 6.45) is 1.53. The number of ether oxygens (including phenoxy) is 1. The molecular weight excluding hydrogens is 568 g/mol. The Morgan fingerprint density at radius 3 is 1.65 bits per heavy atom. The van der Waals surface area contributed by atoms with E-state index in [-0.39, 0.29) is 11.3 Å². The van der Waals surface area contributed by atoms with Crippen LogP contribution in [-0.4, -0.2) is 16.2 Å². The predicted octanol–water partition coefficient (Wildman–Crippen LogP) is 9.94. The van der Waals surface area contributed by atoms with Crippen molar-refractivity contribution in [1.82, 2.24) is 0 Å². The van der Waals surface area contributed by atoms with Crippen molar-refractivity contribution >= 4 is 16.7 Å². The van der Waals surface area contributed by atoms with Crippen LogP contribution < -0.4 is 4.74 Å². The standard InChI is InChI=1S/C42H36O4/c1-24-9-7-10-25(2)34(24)19-28-15-17-32-37(21-28)46-38-22-29(20-35-26(3)11-8-12-27(35)4)16-18-33(38)39(32)40-31-14-6-5-13-30(31)23-36(41(40)43)42(44)45/h5-18,21-23,39,43H,19-20H2,1-4H3,(H,44,45). The maximum atomic E-state index is 12.4. The fourth-order valence-electron chi connectivity index (χ4n) is 7.11. The summed E-state index contributed by atoms with van der Waals surface area (Å²) in [4.78, 5) is 12.4. The lowest BCUT2D eigenvalue weighted by atomic mass is 9.78. The van der Waals surface area contributed by atoms with Gasteiger partial charge in [-0.3, -0.25) is 0 Å². The van der Waals surface area contributed by atoms with Crippen molar-refractivity contribution in [2.75, 3.05) is 0 Å². The molecule has 1 heterocycles. The quantitative estimate of drug-likeness (QED) is 0.198. The molecule has 0 amide bonds. The number of aromatic carboxylic acids is 1. The Kier molecular flexibility index (Phi) is 7.37. The van der Waals surface area contributed by atoms with E-state index in [2.05, 4.69) is 100 Å². The van der Waals surface area contributed by atoms with Crippen LogP contribution in [0.2, 0.25) is 0 Å². The van der Waals surface area contributed by atoms with Crippen LogP contribution in [0.1, 0.15) is 77.5 Å². The van der Waals surface area contributed by atoms with Crippen LogP contribution in [0.4, 0.5) is 0 Å². The van der Waals surface area contributed by atoms with E-state index in [4.69, 9.17) is 4.74 Å². The van der Waals surface area contributed by atoms with E-state index in [1.54, 1.807) is 6.07 Å². The smallest absolute Gasteiger partial charge is 0.339 e. The van der Waals surface area contributed by atoms with Gasteiger partial charge in [-0.15, -0.1) is 0 Å². The zero-order chi connectivity index (χ0) is 32.1. The molecular formula is C42H36O4. The number of fused-ring (bicyclic) bond motifs is 3. The molecule has 0 saturated carbocycles. The third-order valence-corrected chi connectivity index (χ3v) is 9.63. The first kappa shape index (κ1) is 29.4. The molecule has 4 heteroatoms. The number of phenols is 1. The molecule has 0 fully saturated rings. The number of carboxylic acids is 1. The molecule has 2 N–H and O–H groups in total. The average Bonchev–Trinajstić information content (AvgIpc) is 3.03. The van der Waals surface area contributed by atoms with Gasteiger partial charge in [0, 0.05) is 22.6 Å². The van der Waals surface area contributed by atoms with Gasteiger partial charge in [-0.2, -0.15) is 0 Å². The molecule has 0 aromatic heterocycles. The summed E-state index contributed by atoms with van der Waals surface area (Å²) in [5.41, 5.74) is 12.1. The predicted molar refractivity (Wildman–Crippen MR) is 184 cm³/mol. The number of aryl methyl sites for hydroxylation is 4. The van der Waals surface area contributed by atoms with Crippen LogP contribution >= 0.6 is 0 Å². The monoisotopic (exact) mass is 604 g/mol. The number of aromatic hydroxyl groups is 1. The highest BCUT2D eigenvalue weighted by Gasteiger charge is 2.34. The molecule has 0 aliphatic carbocycles. The second-order valence-electron chi connectivity index (χ2n) is 12.6. The zero-order valence-corrected chi connectivity index (χ0v) is 26.5. The Labute approximate surface area is 269 Å². The minimum atomic E-state index is -1.16. The van der Waals surface area contributed by atoms with Crippen LogP contribution in [0, 0.1) is 27.7 Å². The lowest BCUT2D eigenvalue weighted by Gasteiger charge is -2.31. The highest BCUT2D eigenvalue weighted by atomic mass is 16.5. The summed E-state index contributed by atoms with van der Waals surface area (Å²) >= 11 is 0. The molecule has 6 aromatic rings. The first-order valence-corrected chi connectivity index (χ1v) is 15.7. The first-order chi connectivity index (χ1) is 22.2. The number of hydrogen-bond donors (Lipinski definition) is 2. The molecule has 0 atom stereocenters. The molecule has 0 unspecified atom stereocenters. The van der Waals surface area contributed by atoms with Crippen molar-refractivity contribution in [3.05, 3.63) is 170 Å². The minimum absolute atomic E-state index is 0.110. The summed E-state index contributed by atoms with van der Waals surface area (Å²) in [5.74, 6) is -0.380. The fraction of sp³-hybridized carbons (Fsp3) is 0.167. The molecule has 7 rings (SSSR count). The lowest BCUT2D eigenvalue weighted by molar-refractivity contribution is 0.0693. The molecule has 0 spiro atoms. The minimum Gasteiger partial charge on any atom is -0.507 e. The van der Waals surface area contributed by atoms with E-state index in [0.717, 1.165) is 57.4 Å². The van der Waals surface area contributed by atoms with Gasteiger partial charge >= 0.3 is 5.97 Å². The summed E-state index contributed by atoms with van der Waals surface area (Å²) in [7, 11) is 0. The first-order valence-electron chi connectivity index (χ1n) is 15.7. The highest BCUT2D eigenvalue weighted by molar-refractivity contribution is 6.00. The van der Waals surface area contributed by atoms with Gasteiger partial charge in [0.25, 0.3) is 0 Å². The largest absolute Gasteiger partial charge is 0.507 e. The Bertz CT molecular complexity index is 2030.